The minimum atomic E-state index is -0.613. The number of amides is 3. The van der Waals surface area contributed by atoms with E-state index in [4.69, 9.17) is 16.3 Å². The minimum absolute atomic E-state index is 0.0482. The molecule has 2 heterocycles. The second-order valence-corrected chi connectivity index (χ2v) is 7.76. The number of esters is 1. The molecule has 0 saturated carbocycles. The predicted octanol–water partition coefficient (Wildman–Crippen LogP) is 3.47. The zero-order valence-electron chi connectivity index (χ0n) is 16.5. The number of hydrogen-bond acceptors (Lipinski definition) is 4. The highest BCUT2D eigenvalue weighted by atomic mass is 35.5. The maximum atomic E-state index is 12.8. The molecule has 0 saturated heterocycles. The Balaban J connectivity index is 1.59. The zero-order valence-corrected chi connectivity index (χ0v) is 17.2. The fourth-order valence-corrected chi connectivity index (χ4v) is 3.72. The summed E-state index contributed by atoms with van der Waals surface area (Å²) < 4.78 is 5.19. The maximum absolute atomic E-state index is 12.8. The van der Waals surface area contributed by atoms with E-state index in [2.05, 4.69) is 10.6 Å². The number of hydrogen-bond donors (Lipinski definition) is 2. The molecule has 0 fully saturated rings. The molecule has 0 aromatic heterocycles. The molecule has 30 heavy (non-hydrogen) atoms. The molecule has 2 aromatic carbocycles. The number of benzene rings is 2. The van der Waals surface area contributed by atoms with Crippen molar-refractivity contribution in [3.05, 3.63) is 75.4 Å². The van der Waals surface area contributed by atoms with Crippen molar-refractivity contribution in [2.24, 2.45) is 0 Å². The zero-order chi connectivity index (χ0) is 21.4. The van der Waals surface area contributed by atoms with Gasteiger partial charge in [-0.25, -0.2) is 9.59 Å². The SMILES string of the molecule is Cc1ccc([C@@H]2NC(=O)N(CC(=O)Nc3cc(Cl)ccc3C)C3=C2C(=O)OC3)cc1. The van der Waals surface area contributed by atoms with E-state index in [1.165, 1.54) is 4.90 Å². The van der Waals surface area contributed by atoms with Crippen molar-refractivity contribution < 1.29 is 19.1 Å². The van der Waals surface area contributed by atoms with Crippen LogP contribution >= 0.6 is 11.6 Å². The van der Waals surface area contributed by atoms with E-state index < -0.39 is 23.9 Å². The molecule has 3 amide bonds. The Labute approximate surface area is 178 Å². The first-order valence-electron chi connectivity index (χ1n) is 9.44. The van der Waals surface area contributed by atoms with Gasteiger partial charge in [0.05, 0.1) is 17.3 Å². The van der Waals surface area contributed by atoms with Gasteiger partial charge in [-0.15, -0.1) is 0 Å². The summed E-state index contributed by atoms with van der Waals surface area (Å²) in [4.78, 5) is 39.1. The Hall–Kier alpha value is -3.32. The van der Waals surface area contributed by atoms with Gasteiger partial charge in [0, 0.05) is 10.7 Å². The van der Waals surface area contributed by atoms with Crippen LogP contribution in [0.15, 0.2) is 53.7 Å². The third kappa shape index (κ3) is 3.76. The molecule has 0 spiro atoms. The van der Waals surface area contributed by atoms with Gasteiger partial charge < -0.3 is 15.4 Å². The summed E-state index contributed by atoms with van der Waals surface area (Å²) in [6.07, 6.45) is 0. The van der Waals surface area contributed by atoms with E-state index in [-0.39, 0.29) is 13.2 Å². The van der Waals surface area contributed by atoms with E-state index in [9.17, 15) is 14.4 Å². The first-order valence-corrected chi connectivity index (χ1v) is 9.82. The molecule has 0 aliphatic carbocycles. The van der Waals surface area contributed by atoms with Crippen molar-refractivity contribution in [3.63, 3.8) is 0 Å². The van der Waals surface area contributed by atoms with E-state index in [0.29, 0.717) is 22.0 Å². The lowest BCUT2D eigenvalue weighted by Gasteiger charge is -2.32. The van der Waals surface area contributed by atoms with Crippen LogP contribution in [-0.2, 0) is 14.3 Å². The van der Waals surface area contributed by atoms with Gasteiger partial charge in [-0.3, -0.25) is 9.69 Å². The van der Waals surface area contributed by atoms with Crippen molar-refractivity contribution in [2.75, 3.05) is 18.5 Å². The van der Waals surface area contributed by atoms with Gasteiger partial charge >= 0.3 is 12.0 Å². The molecule has 2 aliphatic heterocycles. The topological polar surface area (TPSA) is 87.7 Å². The third-order valence-electron chi connectivity index (χ3n) is 5.18. The number of cyclic esters (lactones) is 1. The largest absolute Gasteiger partial charge is 0.456 e. The lowest BCUT2D eigenvalue weighted by atomic mass is 9.95. The van der Waals surface area contributed by atoms with Crippen molar-refractivity contribution in [2.45, 2.75) is 19.9 Å². The summed E-state index contributed by atoms with van der Waals surface area (Å²) in [6, 6.07) is 11.6. The molecule has 1 atom stereocenters. The number of ether oxygens (including phenoxy) is 1. The summed E-state index contributed by atoms with van der Waals surface area (Å²) in [7, 11) is 0. The molecule has 7 nitrogen and oxygen atoms in total. The molecule has 0 unspecified atom stereocenters. The Bertz CT molecular complexity index is 1080. The third-order valence-corrected chi connectivity index (χ3v) is 5.42. The molecule has 2 aliphatic rings. The minimum Gasteiger partial charge on any atom is -0.456 e. The second kappa shape index (κ2) is 7.84. The van der Waals surface area contributed by atoms with Crippen LogP contribution in [0, 0.1) is 13.8 Å². The summed E-state index contributed by atoms with van der Waals surface area (Å²) >= 11 is 6.00. The Morgan fingerprint density at radius 2 is 1.93 bits per heavy atom. The molecule has 0 bridgehead atoms. The summed E-state index contributed by atoms with van der Waals surface area (Å²) in [5.41, 5.74) is 4.01. The highest BCUT2D eigenvalue weighted by molar-refractivity contribution is 6.31. The van der Waals surface area contributed by atoms with Crippen LogP contribution in [0.5, 0.6) is 0 Å². The number of carbonyl (C=O) groups is 3. The van der Waals surface area contributed by atoms with Crippen LogP contribution < -0.4 is 10.6 Å². The van der Waals surface area contributed by atoms with Crippen molar-refractivity contribution in [3.8, 4) is 0 Å². The van der Waals surface area contributed by atoms with E-state index in [1.54, 1.807) is 18.2 Å². The molecule has 154 valence electrons. The van der Waals surface area contributed by atoms with Gasteiger partial charge in [0.2, 0.25) is 5.91 Å². The molecular formula is C22H20ClN3O4. The van der Waals surface area contributed by atoms with Gasteiger partial charge in [-0.2, -0.15) is 0 Å². The van der Waals surface area contributed by atoms with Crippen LogP contribution in [0.25, 0.3) is 0 Å². The second-order valence-electron chi connectivity index (χ2n) is 7.32. The first-order chi connectivity index (χ1) is 14.3. The Morgan fingerprint density at radius 1 is 1.20 bits per heavy atom. The van der Waals surface area contributed by atoms with E-state index in [0.717, 1.165) is 16.7 Å². The summed E-state index contributed by atoms with van der Waals surface area (Å²) in [5.74, 6) is -0.901. The molecule has 8 heteroatoms. The van der Waals surface area contributed by atoms with Crippen molar-refractivity contribution >= 4 is 35.2 Å². The Kier molecular flexibility index (Phi) is 5.22. The fraction of sp³-hybridized carbons (Fsp3) is 0.227. The number of aryl methyl sites for hydroxylation is 2. The van der Waals surface area contributed by atoms with Crippen molar-refractivity contribution in [1.82, 2.24) is 10.2 Å². The molecule has 0 radical (unpaired) electrons. The normalized spacial score (nSPS) is 18.1. The smallest absolute Gasteiger partial charge is 0.338 e. The van der Waals surface area contributed by atoms with Gasteiger partial charge in [0.25, 0.3) is 0 Å². The number of anilines is 1. The highest BCUT2D eigenvalue weighted by Crippen LogP contribution is 2.35. The first kappa shape index (κ1) is 20.0. The van der Waals surface area contributed by atoms with Crippen LogP contribution in [0.2, 0.25) is 5.02 Å². The average Bonchev–Trinajstić information content (AvgIpc) is 3.09. The average molecular weight is 426 g/mol. The number of halogens is 1. The number of carbonyl (C=O) groups excluding carboxylic acids is 3. The molecule has 2 N–H and O–H groups in total. The Morgan fingerprint density at radius 3 is 2.67 bits per heavy atom. The molecular weight excluding hydrogens is 406 g/mol. The van der Waals surface area contributed by atoms with Gasteiger partial charge in [-0.1, -0.05) is 47.5 Å². The predicted molar refractivity (Wildman–Crippen MR) is 112 cm³/mol. The monoisotopic (exact) mass is 425 g/mol. The lowest BCUT2D eigenvalue weighted by molar-refractivity contribution is -0.136. The lowest BCUT2D eigenvalue weighted by Crippen LogP contribution is -2.49. The van der Waals surface area contributed by atoms with Crippen molar-refractivity contribution in [1.29, 1.82) is 0 Å². The highest BCUT2D eigenvalue weighted by Gasteiger charge is 2.42. The van der Waals surface area contributed by atoms with Gasteiger partial charge in [0.15, 0.2) is 0 Å². The van der Waals surface area contributed by atoms with E-state index in [1.807, 2.05) is 38.1 Å². The van der Waals surface area contributed by atoms with Crippen LogP contribution in [0.3, 0.4) is 0 Å². The fourth-order valence-electron chi connectivity index (χ4n) is 3.55. The van der Waals surface area contributed by atoms with Crippen LogP contribution in [0.1, 0.15) is 22.7 Å². The van der Waals surface area contributed by atoms with Crippen LogP contribution in [-0.4, -0.2) is 36.0 Å². The quantitative estimate of drug-likeness (QED) is 0.734. The number of urea groups is 1. The van der Waals surface area contributed by atoms with Crippen LogP contribution in [0.4, 0.5) is 10.5 Å². The van der Waals surface area contributed by atoms with E-state index >= 15 is 0 Å². The summed E-state index contributed by atoms with van der Waals surface area (Å²) in [5, 5.41) is 6.08. The number of rotatable bonds is 4. The molecule has 2 aromatic rings. The van der Waals surface area contributed by atoms with Gasteiger partial charge in [-0.05, 0) is 37.1 Å². The van der Waals surface area contributed by atoms with Gasteiger partial charge in [0.1, 0.15) is 13.2 Å². The molecule has 4 rings (SSSR count). The maximum Gasteiger partial charge on any atom is 0.338 e. The number of nitrogens with one attached hydrogen (secondary N) is 2. The standard InChI is InChI=1S/C22H20ClN3O4/c1-12-3-6-14(7-4-12)20-19-17(11-30-21(19)28)26(22(29)25-20)10-18(27)24-16-9-15(23)8-5-13(16)2/h3-9,20H,10-11H2,1-2H3,(H,24,27)(H,25,29)/t20-/m0/s1. The number of nitrogens with zero attached hydrogens (tertiary/aromatic N) is 1. The summed E-state index contributed by atoms with van der Waals surface area (Å²) in [6.45, 7) is 3.50.